The van der Waals surface area contributed by atoms with Crippen molar-refractivity contribution in [1.29, 1.82) is 5.41 Å². The van der Waals surface area contributed by atoms with Crippen molar-refractivity contribution in [2.45, 2.75) is 33.2 Å². The molecule has 0 amide bonds. The smallest absolute Gasteiger partial charge is 0.128 e. The Balaban J connectivity index is 2.83. The van der Waals surface area contributed by atoms with E-state index in [2.05, 4.69) is 25.7 Å². The summed E-state index contributed by atoms with van der Waals surface area (Å²) in [4.78, 5) is 2.13. The van der Waals surface area contributed by atoms with Gasteiger partial charge < -0.3 is 4.90 Å². The van der Waals surface area contributed by atoms with Crippen molar-refractivity contribution in [3.63, 3.8) is 0 Å². The Hall–Kier alpha value is -1.31. The fourth-order valence-corrected chi connectivity index (χ4v) is 1.67. The van der Waals surface area contributed by atoms with Crippen molar-refractivity contribution in [2.24, 2.45) is 0 Å². The quantitative estimate of drug-likeness (QED) is 0.592. The van der Waals surface area contributed by atoms with E-state index in [0.29, 0.717) is 11.9 Å². The van der Waals surface area contributed by atoms with Crippen LogP contribution in [0, 0.1) is 5.41 Å². The minimum atomic E-state index is 0.433. The summed E-state index contributed by atoms with van der Waals surface area (Å²) in [6.45, 7) is 7.32. The number of benzene rings is 1. The Kier molecular flexibility index (Phi) is 4.35. The molecule has 2 nitrogen and oxygen atoms in total. The number of nitrogens with zero attached hydrogens (tertiary/aromatic N) is 1. The molecule has 0 fully saturated rings. The highest BCUT2D eigenvalue weighted by molar-refractivity contribution is 5.96. The van der Waals surface area contributed by atoms with E-state index in [1.165, 1.54) is 0 Å². The largest absolute Gasteiger partial charge is 0.354 e. The summed E-state index contributed by atoms with van der Waals surface area (Å²) >= 11 is 0. The van der Waals surface area contributed by atoms with E-state index in [1.807, 2.05) is 30.3 Å². The highest BCUT2D eigenvalue weighted by atomic mass is 15.2. The van der Waals surface area contributed by atoms with Crippen molar-refractivity contribution in [2.75, 3.05) is 6.54 Å². The molecule has 0 aliphatic carbocycles. The molecular formula is C13H20N2. The SMILES string of the molecule is CCC(C)N(CC)C(=N)c1ccccc1. The Labute approximate surface area is 92.4 Å². The first-order chi connectivity index (χ1) is 7.20. The van der Waals surface area contributed by atoms with E-state index >= 15 is 0 Å². The van der Waals surface area contributed by atoms with Gasteiger partial charge >= 0.3 is 0 Å². The number of rotatable bonds is 4. The van der Waals surface area contributed by atoms with Crippen molar-refractivity contribution in [3.8, 4) is 0 Å². The minimum absolute atomic E-state index is 0.433. The van der Waals surface area contributed by atoms with Gasteiger partial charge in [-0.15, -0.1) is 0 Å². The van der Waals surface area contributed by atoms with Gasteiger partial charge in [-0.1, -0.05) is 37.3 Å². The summed E-state index contributed by atoms with van der Waals surface area (Å²) in [6, 6.07) is 10.4. The molecule has 2 heteroatoms. The van der Waals surface area contributed by atoms with Crippen LogP contribution in [0.1, 0.15) is 32.8 Å². The van der Waals surface area contributed by atoms with Crippen molar-refractivity contribution in [3.05, 3.63) is 35.9 Å². The van der Waals surface area contributed by atoms with E-state index in [4.69, 9.17) is 5.41 Å². The number of nitrogens with one attached hydrogen (secondary N) is 1. The molecule has 15 heavy (non-hydrogen) atoms. The number of hydrogen-bond acceptors (Lipinski definition) is 1. The van der Waals surface area contributed by atoms with Gasteiger partial charge in [0.2, 0.25) is 0 Å². The molecule has 1 atom stereocenters. The number of hydrogen-bond donors (Lipinski definition) is 1. The molecule has 0 heterocycles. The molecule has 0 saturated carbocycles. The van der Waals surface area contributed by atoms with Crippen molar-refractivity contribution < 1.29 is 0 Å². The summed E-state index contributed by atoms with van der Waals surface area (Å²) in [5, 5.41) is 8.15. The Bertz CT molecular complexity index is 306. The zero-order chi connectivity index (χ0) is 11.3. The lowest BCUT2D eigenvalue weighted by Crippen LogP contribution is -2.38. The van der Waals surface area contributed by atoms with Gasteiger partial charge in [0.15, 0.2) is 0 Å². The topological polar surface area (TPSA) is 27.1 Å². The standard InChI is InChI=1S/C13H20N2/c1-4-11(3)15(5-2)13(14)12-9-7-6-8-10-12/h6-11,14H,4-5H2,1-3H3. The maximum atomic E-state index is 8.15. The second kappa shape index (κ2) is 5.54. The average Bonchev–Trinajstić information content (AvgIpc) is 2.30. The highest BCUT2D eigenvalue weighted by Gasteiger charge is 2.14. The fraction of sp³-hybridized carbons (Fsp3) is 0.462. The van der Waals surface area contributed by atoms with Crippen LogP contribution in [0.5, 0.6) is 0 Å². The van der Waals surface area contributed by atoms with Crippen LogP contribution in [0.15, 0.2) is 30.3 Å². The monoisotopic (exact) mass is 204 g/mol. The summed E-state index contributed by atoms with van der Waals surface area (Å²) in [7, 11) is 0. The molecule has 0 bridgehead atoms. The second-order valence-electron chi connectivity index (χ2n) is 3.76. The third-order valence-corrected chi connectivity index (χ3v) is 2.80. The van der Waals surface area contributed by atoms with Crippen LogP contribution in [0.3, 0.4) is 0 Å². The van der Waals surface area contributed by atoms with Crippen LogP contribution in [-0.2, 0) is 0 Å². The third-order valence-electron chi connectivity index (χ3n) is 2.80. The lowest BCUT2D eigenvalue weighted by atomic mass is 10.1. The van der Waals surface area contributed by atoms with Gasteiger partial charge in [-0.2, -0.15) is 0 Å². The van der Waals surface area contributed by atoms with Gasteiger partial charge in [0, 0.05) is 18.2 Å². The molecule has 82 valence electrons. The van der Waals surface area contributed by atoms with Gasteiger partial charge in [0.05, 0.1) is 0 Å². The molecule has 1 N–H and O–H groups in total. The lowest BCUT2D eigenvalue weighted by Gasteiger charge is -2.29. The number of amidine groups is 1. The minimum Gasteiger partial charge on any atom is -0.354 e. The Morgan fingerprint density at radius 3 is 2.33 bits per heavy atom. The summed E-state index contributed by atoms with van der Waals surface area (Å²) < 4.78 is 0. The molecule has 1 unspecified atom stereocenters. The van der Waals surface area contributed by atoms with Gasteiger partial charge in [-0.25, -0.2) is 0 Å². The van der Waals surface area contributed by atoms with E-state index < -0.39 is 0 Å². The maximum Gasteiger partial charge on any atom is 0.128 e. The zero-order valence-corrected chi connectivity index (χ0v) is 9.83. The summed E-state index contributed by atoms with van der Waals surface area (Å²) in [5.41, 5.74) is 1.000. The van der Waals surface area contributed by atoms with Crippen molar-refractivity contribution >= 4 is 5.84 Å². The molecule has 0 spiro atoms. The Morgan fingerprint density at radius 2 is 1.87 bits per heavy atom. The molecule has 1 rings (SSSR count). The predicted octanol–water partition coefficient (Wildman–Crippen LogP) is 3.13. The van der Waals surface area contributed by atoms with Gasteiger partial charge in [-0.05, 0) is 20.3 Å². The first kappa shape index (κ1) is 11.8. The van der Waals surface area contributed by atoms with Crippen LogP contribution in [-0.4, -0.2) is 23.3 Å². The summed E-state index contributed by atoms with van der Waals surface area (Å²) in [5.74, 6) is 0.632. The highest BCUT2D eigenvalue weighted by Crippen LogP contribution is 2.09. The van der Waals surface area contributed by atoms with E-state index in [-0.39, 0.29) is 0 Å². The lowest BCUT2D eigenvalue weighted by molar-refractivity contribution is 0.335. The van der Waals surface area contributed by atoms with E-state index in [0.717, 1.165) is 18.5 Å². The fourth-order valence-electron chi connectivity index (χ4n) is 1.67. The average molecular weight is 204 g/mol. The van der Waals surface area contributed by atoms with Gasteiger partial charge in [0.1, 0.15) is 5.84 Å². The molecular weight excluding hydrogens is 184 g/mol. The molecule has 0 aliphatic heterocycles. The summed E-state index contributed by atoms with van der Waals surface area (Å²) in [6.07, 6.45) is 1.07. The van der Waals surface area contributed by atoms with Crippen LogP contribution in [0.4, 0.5) is 0 Å². The normalized spacial score (nSPS) is 12.2. The van der Waals surface area contributed by atoms with Crippen LogP contribution in [0.25, 0.3) is 0 Å². The molecule has 0 aliphatic rings. The molecule has 0 aromatic heterocycles. The van der Waals surface area contributed by atoms with Crippen LogP contribution >= 0.6 is 0 Å². The molecule has 1 aromatic carbocycles. The van der Waals surface area contributed by atoms with E-state index in [1.54, 1.807) is 0 Å². The second-order valence-corrected chi connectivity index (χ2v) is 3.76. The van der Waals surface area contributed by atoms with Crippen LogP contribution < -0.4 is 0 Å². The van der Waals surface area contributed by atoms with Gasteiger partial charge in [-0.3, -0.25) is 5.41 Å². The van der Waals surface area contributed by atoms with E-state index in [9.17, 15) is 0 Å². The maximum absolute atomic E-state index is 8.15. The van der Waals surface area contributed by atoms with Gasteiger partial charge in [0.25, 0.3) is 0 Å². The first-order valence-corrected chi connectivity index (χ1v) is 5.61. The Morgan fingerprint density at radius 1 is 1.27 bits per heavy atom. The van der Waals surface area contributed by atoms with Crippen LogP contribution in [0.2, 0.25) is 0 Å². The first-order valence-electron chi connectivity index (χ1n) is 5.61. The predicted molar refractivity (Wildman–Crippen MR) is 65.4 cm³/mol. The van der Waals surface area contributed by atoms with Crippen molar-refractivity contribution in [1.82, 2.24) is 4.90 Å². The zero-order valence-electron chi connectivity index (χ0n) is 9.83. The molecule has 0 radical (unpaired) electrons. The molecule has 1 aromatic rings. The molecule has 0 saturated heterocycles. The third kappa shape index (κ3) is 2.82.